The molecule has 3 rings (SSSR count). The molecule has 0 aliphatic carbocycles. The van der Waals surface area contributed by atoms with Crippen LogP contribution >= 0.6 is 11.3 Å². The zero-order chi connectivity index (χ0) is 14.5. The van der Waals surface area contributed by atoms with Gasteiger partial charge in [-0.3, -0.25) is 4.90 Å². The molecule has 1 aliphatic heterocycles. The van der Waals surface area contributed by atoms with Gasteiger partial charge in [0, 0.05) is 18.1 Å². The molecule has 112 valence electrons. The lowest BCUT2D eigenvalue weighted by molar-refractivity contribution is 0.161. The fourth-order valence-corrected chi connectivity index (χ4v) is 3.77. The van der Waals surface area contributed by atoms with E-state index in [1.165, 1.54) is 30.5 Å². The lowest BCUT2D eigenvalue weighted by Gasteiger charge is -2.32. The first-order valence-electron chi connectivity index (χ1n) is 7.65. The SMILES string of the molecule is Fc1cccc(CC[C@H]2CCCN(Cc3nccs3)C2)c1. The van der Waals surface area contributed by atoms with E-state index in [0.29, 0.717) is 0 Å². The van der Waals surface area contributed by atoms with Crippen molar-refractivity contribution in [1.82, 2.24) is 9.88 Å². The molecule has 1 atom stereocenters. The molecule has 0 radical (unpaired) electrons. The Morgan fingerprint density at radius 2 is 2.33 bits per heavy atom. The second-order valence-corrected chi connectivity index (χ2v) is 6.82. The molecule has 1 aliphatic rings. The van der Waals surface area contributed by atoms with Gasteiger partial charge in [-0.2, -0.15) is 0 Å². The Morgan fingerprint density at radius 1 is 1.38 bits per heavy atom. The molecule has 1 aromatic carbocycles. The molecule has 0 saturated carbocycles. The number of rotatable bonds is 5. The van der Waals surface area contributed by atoms with Gasteiger partial charge in [0.05, 0.1) is 6.54 Å². The Labute approximate surface area is 129 Å². The van der Waals surface area contributed by atoms with Crippen LogP contribution in [0, 0.1) is 11.7 Å². The molecule has 0 bridgehead atoms. The van der Waals surface area contributed by atoms with Gasteiger partial charge in [-0.05, 0) is 55.8 Å². The average Bonchev–Trinajstić information content (AvgIpc) is 2.99. The largest absolute Gasteiger partial charge is 0.296 e. The number of thiazole rings is 1. The minimum atomic E-state index is -0.124. The van der Waals surface area contributed by atoms with Gasteiger partial charge in [-0.25, -0.2) is 9.37 Å². The van der Waals surface area contributed by atoms with E-state index < -0.39 is 0 Å². The summed E-state index contributed by atoms with van der Waals surface area (Å²) in [7, 11) is 0. The molecule has 0 N–H and O–H groups in total. The van der Waals surface area contributed by atoms with Gasteiger partial charge in [0.1, 0.15) is 10.8 Å². The van der Waals surface area contributed by atoms with Crippen LogP contribution in [0.3, 0.4) is 0 Å². The molecular formula is C17H21FN2S. The van der Waals surface area contributed by atoms with Crippen LogP contribution in [0.25, 0.3) is 0 Å². The first-order valence-corrected chi connectivity index (χ1v) is 8.53. The van der Waals surface area contributed by atoms with E-state index in [9.17, 15) is 4.39 Å². The number of halogens is 1. The first-order chi connectivity index (χ1) is 10.3. The maximum absolute atomic E-state index is 13.2. The number of piperidine rings is 1. The van der Waals surface area contributed by atoms with Crippen LogP contribution in [0.4, 0.5) is 4.39 Å². The molecule has 2 aromatic rings. The standard InChI is InChI=1S/C17H21FN2S/c18-16-5-1-3-14(11-16)6-7-15-4-2-9-20(12-15)13-17-19-8-10-21-17/h1,3,5,8,10-11,15H,2,4,6-7,9,12-13H2/t15-/m1/s1. The smallest absolute Gasteiger partial charge is 0.123 e. The third kappa shape index (κ3) is 4.35. The van der Waals surface area contributed by atoms with Crippen molar-refractivity contribution in [2.45, 2.75) is 32.2 Å². The molecule has 21 heavy (non-hydrogen) atoms. The Morgan fingerprint density at radius 3 is 3.14 bits per heavy atom. The molecule has 1 saturated heterocycles. The van der Waals surface area contributed by atoms with Crippen molar-refractivity contribution < 1.29 is 4.39 Å². The quantitative estimate of drug-likeness (QED) is 0.826. The Bertz CT molecular complexity index is 556. The van der Waals surface area contributed by atoms with Gasteiger partial charge in [0.2, 0.25) is 0 Å². The molecule has 0 unspecified atom stereocenters. The number of nitrogens with zero attached hydrogens (tertiary/aromatic N) is 2. The van der Waals surface area contributed by atoms with Crippen molar-refractivity contribution in [3.63, 3.8) is 0 Å². The average molecular weight is 304 g/mol. The second-order valence-electron chi connectivity index (χ2n) is 5.84. The summed E-state index contributed by atoms with van der Waals surface area (Å²) in [5.41, 5.74) is 1.12. The van der Waals surface area contributed by atoms with Crippen LogP contribution in [-0.4, -0.2) is 23.0 Å². The van der Waals surface area contributed by atoms with E-state index >= 15 is 0 Å². The summed E-state index contributed by atoms with van der Waals surface area (Å²) in [5.74, 6) is 0.600. The van der Waals surface area contributed by atoms with E-state index in [1.54, 1.807) is 23.5 Å². The molecule has 0 spiro atoms. The van der Waals surface area contributed by atoms with Crippen LogP contribution in [0.15, 0.2) is 35.8 Å². The monoisotopic (exact) mass is 304 g/mol. The molecule has 0 amide bonds. The predicted molar refractivity (Wildman–Crippen MR) is 84.8 cm³/mol. The molecule has 2 heterocycles. The van der Waals surface area contributed by atoms with Crippen molar-refractivity contribution in [3.8, 4) is 0 Å². The number of likely N-dealkylation sites (tertiary alicyclic amines) is 1. The van der Waals surface area contributed by atoms with Crippen molar-refractivity contribution in [1.29, 1.82) is 0 Å². The maximum Gasteiger partial charge on any atom is 0.123 e. The van der Waals surface area contributed by atoms with Crippen LogP contribution in [0.5, 0.6) is 0 Å². The van der Waals surface area contributed by atoms with Crippen LogP contribution in [-0.2, 0) is 13.0 Å². The topological polar surface area (TPSA) is 16.1 Å². The summed E-state index contributed by atoms with van der Waals surface area (Å²) in [4.78, 5) is 6.89. The van der Waals surface area contributed by atoms with E-state index in [-0.39, 0.29) is 5.82 Å². The van der Waals surface area contributed by atoms with E-state index in [4.69, 9.17) is 0 Å². The van der Waals surface area contributed by atoms with Gasteiger partial charge in [0.15, 0.2) is 0 Å². The normalized spacial score (nSPS) is 19.8. The van der Waals surface area contributed by atoms with E-state index in [1.807, 2.05) is 17.6 Å². The van der Waals surface area contributed by atoms with Crippen LogP contribution in [0.2, 0.25) is 0 Å². The summed E-state index contributed by atoms with van der Waals surface area (Å²) < 4.78 is 13.2. The predicted octanol–water partition coefficient (Wildman–Crippen LogP) is 4.13. The highest BCUT2D eigenvalue weighted by Crippen LogP contribution is 2.23. The Kier molecular flexibility index (Phi) is 4.99. The number of hydrogen-bond donors (Lipinski definition) is 0. The van der Waals surface area contributed by atoms with E-state index in [2.05, 4.69) is 9.88 Å². The van der Waals surface area contributed by atoms with Crippen molar-refractivity contribution >= 4 is 11.3 Å². The number of hydrogen-bond acceptors (Lipinski definition) is 3. The highest BCUT2D eigenvalue weighted by molar-refractivity contribution is 7.09. The summed E-state index contributed by atoms with van der Waals surface area (Å²) in [6.45, 7) is 3.30. The zero-order valence-electron chi connectivity index (χ0n) is 12.2. The van der Waals surface area contributed by atoms with Gasteiger partial charge >= 0.3 is 0 Å². The van der Waals surface area contributed by atoms with E-state index in [0.717, 1.165) is 37.4 Å². The minimum Gasteiger partial charge on any atom is -0.296 e. The Balaban J connectivity index is 1.49. The lowest BCUT2D eigenvalue weighted by atomic mass is 9.91. The van der Waals surface area contributed by atoms with Crippen LogP contribution < -0.4 is 0 Å². The number of aryl methyl sites for hydroxylation is 1. The molecule has 2 nitrogen and oxygen atoms in total. The van der Waals surface area contributed by atoms with Crippen molar-refractivity contribution in [3.05, 3.63) is 52.2 Å². The Hall–Kier alpha value is -1.26. The second kappa shape index (κ2) is 7.14. The minimum absolute atomic E-state index is 0.124. The molecule has 1 aromatic heterocycles. The number of benzene rings is 1. The third-order valence-electron chi connectivity index (χ3n) is 4.18. The summed E-state index contributed by atoms with van der Waals surface area (Å²) in [6.07, 6.45) is 6.57. The molecule has 4 heteroatoms. The summed E-state index contributed by atoms with van der Waals surface area (Å²) in [5, 5.41) is 3.25. The molecular weight excluding hydrogens is 283 g/mol. The third-order valence-corrected chi connectivity index (χ3v) is 4.94. The lowest BCUT2D eigenvalue weighted by Crippen LogP contribution is -2.35. The number of aromatic nitrogens is 1. The highest BCUT2D eigenvalue weighted by atomic mass is 32.1. The van der Waals surface area contributed by atoms with Gasteiger partial charge in [-0.1, -0.05) is 12.1 Å². The first kappa shape index (κ1) is 14.7. The summed E-state index contributed by atoms with van der Waals surface area (Å²) >= 11 is 1.74. The highest BCUT2D eigenvalue weighted by Gasteiger charge is 2.20. The zero-order valence-corrected chi connectivity index (χ0v) is 13.0. The van der Waals surface area contributed by atoms with Crippen LogP contribution in [0.1, 0.15) is 29.8 Å². The van der Waals surface area contributed by atoms with Gasteiger partial charge in [-0.15, -0.1) is 11.3 Å². The van der Waals surface area contributed by atoms with Gasteiger partial charge < -0.3 is 0 Å². The fourth-order valence-electron chi connectivity index (χ4n) is 3.12. The van der Waals surface area contributed by atoms with Crippen molar-refractivity contribution in [2.24, 2.45) is 5.92 Å². The van der Waals surface area contributed by atoms with Gasteiger partial charge in [0.25, 0.3) is 0 Å². The molecule has 1 fully saturated rings. The maximum atomic E-state index is 13.2. The summed E-state index contributed by atoms with van der Waals surface area (Å²) in [6, 6.07) is 7.01. The van der Waals surface area contributed by atoms with Crippen molar-refractivity contribution in [2.75, 3.05) is 13.1 Å². The fraction of sp³-hybridized carbons (Fsp3) is 0.471.